The van der Waals surface area contributed by atoms with E-state index in [2.05, 4.69) is 6.07 Å². The largest absolute Gasteiger partial charge is 0.457 e. The van der Waals surface area contributed by atoms with Crippen LogP contribution in [0.1, 0.15) is 11.1 Å². The molecule has 3 N–H and O–H groups in total. The number of nitrogens with two attached hydrogens (primary N) is 1. The van der Waals surface area contributed by atoms with Crippen LogP contribution in [-0.4, -0.2) is 5.84 Å². The van der Waals surface area contributed by atoms with Crippen LogP contribution >= 0.6 is 0 Å². The van der Waals surface area contributed by atoms with Gasteiger partial charge in [-0.1, -0.05) is 42.0 Å². The lowest BCUT2D eigenvalue weighted by atomic mass is 10.1. The topological polar surface area (TPSA) is 59.1 Å². The van der Waals surface area contributed by atoms with Crippen LogP contribution in [0.25, 0.3) is 10.8 Å². The smallest absolute Gasteiger partial charge is 0.138 e. The highest BCUT2D eigenvalue weighted by atomic mass is 16.5. The summed E-state index contributed by atoms with van der Waals surface area (Å²) < 4.78 is 5.91. The highest BCUT2D eigenvalue weighted by molar-refractivity contribution is 5.98. The van der Waals surface area contributed by atoms with Gasteiger partial charge in [-0.05, 0) is 42.0 Å². The minimum atomic E-state index is 0.00879. The van der Waals surface area contributed by atoms with Crippen molar-refractivity contribution in [1.29, 1.82) is 5.41 Å². The Kier molecular flexibility index (Phi) is 3.32. The molecule has 0 heterocycles. The number of hydrogen-bond donors (Lipinski definition) is 2. The molecule has 0 amide bonds. The second kappa shape index (κ2) is 5.29. The van der Waals surface area contributed by atoms with Crippen molar-refractivity contribution in [2.75, 3.05) is 0 Å². The maximum atomic E-state index is 7.67. The van der Waals surface area contributed by atoms with E-state index in [0.29, 0.717) is 11.3 Å². The van der Waals surface area contributed by atoms with Crippen molar-refractivity contribution >= 4 is 16.6 Å². The quantitative estimate of drug-likeness (QED) is 0.555. The zero-order valence-electron chi connectivity index (χ0n) is 11.8. The van der Waals surface area contributed by atoms with Gasteiger partial charge in [0, 0.05) is 0 Å². The van der Waals surface area contributed by atoms with Crippen LogP contribution in [0, 0.1) is 12.3 Å². The van der Waals surface area contributed by atoms with Crippen molar-refractivity contribution in [2.45, 2.75) is 6.92 Å². The van der Waals surface area contributed by atoms with Crippen molar-refractivity contribution in [3.8, 4) is 11.5 Å². The van der Waals surface area contributed by atoms with Crippen LogP contribution in [0.3, 0.4) is 0 Å². The molecule has 21 heavy (non-hydrogen) atoms. The van der Waals surface area contributed by atoms with Gasteiger partial charge in [0.05, 0.1) is 5.56 Å². The second-order valence-corrected chi connectivity index (χ2v) is 5.02. The fourth-order valence-electron chi connectivity index (χ4n) is 2.30. The number of nitrogens with one attached hydrogen (secondary N) is 1. The lowest BCUT2D eigenvalue weighted by molar-refractivity contribution is 0.482. The average Bonchev–Trinajstić information content (AvgIpc) is 2.49. The average molecular weight is 276 g/mol. The Morgan fingerprint density at radius 2 is 1.71 bits per heavy atom. The minimum absolute atomic E-state index is 0.00879. The number of fused-ring (bicyclic) bond motifs is 1. The first-order chi connectivity index (χ1) is 10.1. The van der Waals surface area contributed by atoms with E-state index in [4.69, 9.17) is 15.9 Å². The molecular formula is C18H16N2O. The number of nitrogen functional groups attached to an aromatic ring is 1. The molecule has 0 bridgehead atoms. The number of amidine groups is 1. The third-order valence-electron chi connectivity index (χ3n) is 3.37. The van der Waals surface area contributed by atoms with Crippen LogP contribution in [0.15, 0.2) is 60.7 Å². The standard InChI is InChI=1S/C18H16N2O/c1-12-6-9-17(16(10-12)18(19)20)21-15-8-7-13-4-2-3-5-14(13)11-15/h2-11H,1H3,(H3,19,20). The van der Waals surface area contributed by atoms with E-state index < -0.39 is 0 Å². The van der Waals surface area contributed by atoms with Crippen molar-refractivity contribution in [2.24, 2.45) is 5.73 Å². The number of hydrogen-bond acceptors (Lipinski definition) is 2. The predicted molar refractivity (Wildman–Crippen MR) is 86.2 cm³/mol. The molecule has 0 aromatic heterocycles. The summed E-state index contributed by atoms with van der Waals surface area (Å²) in [6.45, 7) is 1.96. The van der Waals surface area contributed by atoms with Crippen LogP contribution in [0.4, 0.5) is 0 Å². The molecule has 0 aliphatic carbocycles. The van der Waals surface area contributed by atoms with Gasteiger partial charge in [0.15, 0.2) is 0 Å². The first-order valence-electron chi connectivity index (χ1n) is 6.75. The van der Waals surface area contributed by atoms with E-state index >= 15 is 0 Å². The maximum absolute atomic E-state index is 7.67. The summed E-state index contributed by atoms with van der Waals surface area (Å²) in [6.07, 6.45) is 0. The molecule has 0 saturated carbocycles. The summed E-state index contributed by atoms with van der Waals surface area (Å²) in [5.74, 6) is 1.35. The summed E-state index contributed by atoms with van der Waals surface area (Å²) in [5, 5.41) is 9.95. The van der Waals surface area contributed by atoms with Gasteiger partial charge in [0.1, 0.15) is 17.3 Å². The maximum Gasteiger partial charge on any atom is 0.138 e. The van der Waals surface area contributed by atoms with Gasteiger partial charge >= 0.3 is 0 Å². The molecule has 104 valence electrons. The third-order valence-corrected chi connectivity index (χ3v) is 3.37. The third kappa shape index (κ3) is 2.72. The van der Waals surface area contributed by atoms with Crippen LogP contribution in [0.5, 0.6) is 11.5 Å². The van der Waals surface area contributed by atoms with E-state index in [-0.39, 0.29) is 5.84 Å². The lowest BCUT2D eigenvalue weighted by Crippen LogP contribution is -2.12. The highest BCUT2D eigenvalue weighted by Gasteiger charge is 2.08. The normalized spacial score (nSPS) is 10.5. The molecule has 3 aromatic carbocycles. The predicted octanol–water partition coefficient (Wildman–Crippen LogP) is 4.22. The van der Waals surface area contributed by atoms with E-state index in [1.54, 1.807) is 0 Å². The highest BCUT2D eigenvalue weighted by Crippen LogP contribution is 2.28. The van der Waals surface area contributed by atoms with Gasteiger partial charge in [-0.3, -0.25) is 5.41 Å². The van der Waals surface area contributed by atoms with E-state index in [0.717, 1.165) is 16.7 Å². The van der Waals surface area contributed by atoms with E-state index in [1.165, 1.54) is 5.39 Å². The molecule has 0 atom stereocenters. The first-order valence-corrected chi connectivity index (χ1v) is 6.75. The molecule has 0 aliphatic rings. The zero-order chi connectivity index (χ0) is 14.8. The Labute approximate surface area is 123 Å². The fraction of sp³-hybridized carbons (Fsp3) is 0.0556. The van der Waals surface area contributed by atoms with Gasteiger partial charge in [0.2, 0.25) is 0 Å². The van der Waals surface area contributed by atoms with E-state index in [1.807, 2.05) is 61.5 Å². The number of ether oxygens (including phenoxy) is 1. The molecule has 0 unspecified atom stereocenters. The zero-order valence-corrected chi connectivity index (χ0v) is 11.8. The summed E-state index contributed by atoms with van der Waals surface area (Å²) in [4.78, 5) is 0. The summed E-state index contributed by atoms with van der Waals surface area (Å²) in [6, 6.07) is 19.7. The van der Waals surface area contributed by atoms with Crippen LogP contribution in [0.2, 0.25) is 0 Å². The van der Waals surface area contributed by atoms with Crippen LogP contribution < -0.4 is 10.5 Å². The molecule has 0 spiro atoms. The fourth-order valence-corrected chi connectivity index (χ4v) is 2.30. The van der Waals surface area contributed by atoms with E-state index in [9.17, 15) is 0 Å². The molecule has 0 aliphatic heterocycles. The second-order valence-electron chi connectivity index (χ2n) is 5.02. The van der Waals surface area contributed by atoms with Crippen LogP contribution in [-0.2, 0) is 0 Å². The lowest BCUT2D eigenvalue weighted by Gasteiger charge is -2.11. The minimum Gasteiger partial charge on any atom is -0.457 e. The SMILES string of the molecule is Cc1ccc(Oc2ccc3ccccc3c2)c(C(=N)N)c1. The van der Waals surface area contributed by atoms with Crippen molar-refractivity contribution in [3.05, 3.63) is 71.8 Å². The molecule has 3 heteroatoms. The molecule has 3 nitrogen and oxygen atoms in total. The Bertz CT molecular complexity index is 824. The molecule has 0 radical (unpaired) electrons. The summed E-state index contributed by atoms with van der Waals surface area (Å²) in [7, 11) is 0. The summed E-state index contributed by atoms with van der Waals surface area (Å²) >= 11 is 0. The Hall–Kier alpha value is -2.81. The van der Waals surface area contributed by atoms with Gasteiger partial charge < -0.3 is 10.5 Å². The Morgan fingerprint density at radius 1 is 0.952 bits per heavy atom. The van der Waals surface area contributed by atoms with Gasteiger partial charge in [-0.25, -0.2) is 0 Å². The van der Waals surface area contributed by atoms with Crippen molar-refractivity contribution < 1.29 is 4.74 Å². The van der Waals surface area contributed by atoms with Gasteiger partial charge in [-0.15, -0.1) is 0 Å². The Morgan fingerprint density at radius 3 is 2.48 bits per heavy atom. The molecule has 3 aromatic rings. The number of rotatable bonds is 3. The number of aryl methyl sites for hydroxylation is 1. The molecular weight excluding hydrogens is 260 g/mol. The monoisotopic (exact) mass is 276 g/mol. The van der Waals surface area contributed by atoms with Crippen molar-refractivity contribution in [1.82, 2.24) is 0 Å². The van der Waals surface area contributed by atoms with Crippen molar-refractivity contribution in [3.63, 3.8) is 0 Å². The first kappa shape index (κ1) is 13.2. The van der Waals surface area contributed by atoms with Gasteiger partial charge in [0.25, 0.3) is 0 Å². The molecule has 0 saturated heterocycles. The van der Waals surface area contributed by atoms with Gasteiger partial charge in [-0.2, -0.15) is 0 Å². The molecule has 0 fully saturated rings. The molecule has 3 rings (SSSR count). The summed E-state index contributed by atoms with van der Waals surface area (Å²) in [5.41, 5.74) is 7.29. The Balaban J connectivity index is 2.00. The number of benzene rings is 3.